The predicted octanol–water partition coefficient (Wildman–Crippen LogP) is 0.550. The van der Waals surface area contributed by atoms with Gasteiger partial charge in [-0.1, -0.05) is 0 Å². The molecule has 0 spiro atoms. The number of benzene rings is 1. The number of hydrogen-bond donors (Lipinski definition) is 4. The van der Waals surface area contributed by atoms with E-state index in [9.17, 15) is 25.6 Å². The summed E-state index contributed by atoms with van der Waals surface area (Å²) < 4.78 is 77.1. The lowest BCUT2D eigenvalue weighted by Crippen LogP contribution is -2.62. The van der Waals surface area contributed by atoms with Crippen molar-refractivity contribution in [1.82, 2.24) is 14.5 Å². The second kappa shape index (κ2) is 9.21. The van der Waals surface area contributed by atoms with Gasteiger partial charge < -0.3 is 15.3 Å². The van der Waals surface area contributed by atoms with Crippen LogP contribution in [-0.2, 0) is 31.3 Å². The third kappa shape index (κ3) is 7.37. The van der Waals surface area contributed by atoms with Crippen molar-refractivity contribution in [2.24, 2.45) is 0 Å². The molecule has 32 heavy (non-hydrogen) atoms. The molecular weight excluding hydrogens is 480 g/mol. The summed E-state index contributed by atoms with van der Waals surface area (Å²) in [6, 6.07) is 2.97. The second-order valence-corrected chi connectivity index (χ2v) is 13.0. The van der Waals surface area contributed by atoms with Gasteiger partial charge in [0.25, 0.3) is 0 Å². The number of hydrazine groups is 1. The molecule has 1 fully saturated rings. The molecule has 0 aromatic heterocycles. The summed E-state index contributed by atoms with van der Waals surface area (Å²) in [5, 5.41) is 13.3. The minimum atomic E-state index is -4.39. The number of thiocyanates is 1. The molecule has 0 amide bonds. The lowest BCUT2D eigenvalue weighted by atomic mass is 9.80. The molecule has 0 radical (unpaired) electrons. The third-order valence-electron chi connectivity index (χ3n) is 4.61. The predicted molar refractivity (Wildman–Crippen MR) is 120 cm³/mol. The van der Waals surface area contributed by atoms with Crippen molar-refractivity contribution in [2.45, 2.75) is 62.6 Å². The zero-order valence-corrected chi connectivity index (χ0v) is 20.7. The topological polar surface area (TPSA) is 184 Å². The summed E-state index contributed by atoms with van der Waals surface area (Å²) in [5.41, 5.74) is 1.52. The van der Waals surface area contributed by atoms with Crippen LogP contribution >= 0.6 is 0 Å². The summed E-state index contributed by atoms with van der Waals surface area (Å²) in [6.45, 7) is 7.86. The van der Waals surface area contributed by atoms with Crippen molar-refractivity contribution in [2.75, 3.05) is 17.2 Å². The van der Waals surface area contributed by atoms with Gasteiger partial charge in [0.15, 0.2) is 0 Å². The number of sulfonamides is 2. The number of anilines is 2. The number of nitrogens with one attached hydrogen (secondary N) is 4. The van der Waals surface area contributed by atoms with E-state index >= 15 is 0 Å². The van der Waals surface area contributed by atoms with Gasteiger partial charge in [0.2, 0.25) is 15.4 Å². The summed E-state index contributed by atoms with van der Waals surface area (Å²) in [6.07, 6.45) is 1.03. The minimum Gasteiger partial charge on any atom is -0.758 e. The van der Waals surface area contributed by atoms with E-state index in [0.717, 1.165) is 23.6 Å². The Morgan fingerprint density at radius 2 is 1.66 bits per heavy atom. The molecule has 1 atom stereocenters. The maximum absolute atomic E-state index is 13.1. The third-order valence-corrected chi connectivity index (χ3v) is 7.39. The van der Waals surface area contributed by atoms with E-state index < -0.39 is 37.4 Å². The number of nitrogens with zero attached hydrogens (tertiary/aromatic N) is 2. The molecule has 1 aliphatic heterocycles. The van der Waals surface area contributed by atoms with E-state index in [-0.39, 0.29) is 27.3 Å². The number of hydrogen-bond acceptors (Lipinski definition) is 9. The van der Waals surface area contributed by atoms with E-state index in [1.165, 1.54) is 7.05 Å². The Kier molecular flexibility index (Phi) is 7.62. The highest BCUT2D eigenvalue weighted by molar-refractivity contribution is 7.97. The van der Waals surface area contributed by atoms with Gasteiger partial charge in [-0.25, -0.2) is 13.1 Å². The lowest BCUT2D eigenvalue weighted by molar-refractivity contribution is 0.157. The summed E-state index contributed by atoms with van der Waals surface area (Å²) in [7, 11) is -7.35. The summed E-state index contributed by atoms with van der Waals surface area (Å²) >= 11 is -2.68. The number of rotatable bonds is 8. The first kappa shape index (κ1) is 26.5. The first-order valence-corrected chi connectivity index (χ1v) is 13.4. The smallest absolute Gasteiger partial charge is 0.326 e. The second-order valence-electron chi connectivity index (χ2n) is 8.89. The van der Waals surface area contributed by atoms with Gasteiger partial charge in [-0.3, -0.25) is 8.93 Å². The van der Waals surface area contributed by atoms with Crippen molar-refractivity contribution < 1.29 is 25.6 Å². The van der Waals surface area contributed by atoms with E-state index in [2.05, 4.69) is 15.5 Å². The Bertz CT molecular complexity index is 1130. The van der Waals surface area contributed by atoms with E-state index in [0.29, 0.717) is 17.3 Å². The van der Waals surface area contributed by atoms with Crippen LogP contribution in [0, 0.1) is 10.7 Å². The summed E-state index contributed by atoms with van der Waals surface area (Å²) in [4.78, 5) is -0.308. The van der Waals surface area contributed by atoms with Crippen molar-refractivity contribution in [3.8, 4) is 5.40 Å². The molecule has 0 bridgehead atoms. The Morgan fingerprint density at radius 1 is 1.12 bits per heavy atom. The van der Waals surface area contributed by atoms with E-state index in [1.807, 2.05) is 32.4 Å². The van der Waals surface area contributed by atoms with E-state index in [4.69, 9.17) is 5.26 Å². The highest BCUT2D eigenvalue weighted by Gasteiger charge is 2.39. The van der Waals surface area contributed by atoms with Crippen LogP contribution < -0.4 is 20.2 Å². The molecule has 12 nitrogen and oxygen atoms in total. The largest absolute Gasteiger partial charge is 0.758 e. The van der Waals surface area contributed by atoms with E-state index in [1.54, 1.807) is 0 Å². The van der Waals surface area contributed by atoms with Gasteiger partial charge in [-0.05, 0) is 58.7 Å². The van der Waals surface area contributed by atoms with Crippen LogP contribution in [0.1, 0.15) is 40.5 Å². The van der Waals surface area contributed by atoms with Crippen LogP contribution in [0.25, 0.3) is 0 Å². The van der Waals surface area contributed by atoms with Crippen LogP contribution in [0.2, 0.25) is 0 Å². The lowest BCUT2D eigenvalue weighted by Gasteiger charge is -2.46. The Balaban J connectivity index is 2.44. The fourth-order valence-corrected chi connectivity index (χ4v) is 5.93. The molecule has 1 unspecified atom stereocenters. The van der Waals surface area contributed by atoms with Gasteiger partial charge in [-0.15, -0.1) is 0 Å². The molecule has 0 aliphatic carbocycles. The van der Waals surface area contributed by atoms with Gasteiger partial charge in [0.1, 0.15) is 0 Å². The highest BCUT2D eigenvalue weighted by Crippen LogP contribution is 2.30. The monoisotopic (exact) mass is 507 g/mol. The Morgan fingerprint density at radius 3 is 2.16 bits per heavy atom. The zero-order valence-electron chi connectivity index (χ0n) is 18.3. The molecule has 1 heterocycles. The molecule has 15 heteroatoms. The summed E-state index contributed by atoms with van der Waals surface area (Å²) in [5.74, 6) is 0. The van der Waals surface area contributed by atoms with Gasteiger partial charge in [0.05, 0.1) is 16.3 Å². The Hall–Kier alpha value is -1.80. The average Bonchev–Trinajstić information content (AvgIpc) is 2.57. The first-order chi connectivity index (χ1) is 14.4. The SMILES string of the molecule is CN(Nc1cc(NS(=O)(=O)C#N)cc(S(=O)(=O)NC2CC(C)(C)NC(C)(C)C2)c1)S(=O)[O-]. The molecule has 0 saturated carbocycles. The zero-order chi connectivity index (χ0) is 24.5. The van der Waals surface area contributed by atoms with Crippen LogP contribution in [-0.4, -0.2) is 54.2 Å². The fourth-order valence-electron chi connectivity index (χ4n) is 3.97. The molecule has 1 aromatic rings. The normalized spacial score (nSPS) is 19.8. The number of piperidine rings is 1. The quantitative estimate of drug-likeness (QED) is 0.169. The first-order valence-electron chi connectivity index (χ1n) is 9.44. The average molecular weight is 508 g/mol. The van der Waals surface area contributed by atoms with Crippen molar-refractivity contribution in [3.63, 3.8) is 0 Å². The van der Waals surface area contributed by atoms with Gasteiger partial charge in [0, 0.05) is 35.4 Å². The molecular formula is C17H27N6O6S3-. The van der Waals surface area contributed by atoms with Crippen LogP contribution in [0.4, 0.5) is 11.4 Å². The van der Waals surface area contributed by atoms with Gasteiger partial charge in [-0.2, -0.15) is 18.1 Å². The standard InChI is InChI=1S/C17H28N6O6S3/c1-16(2)9-14(10-17(3,4)22-16)21-32(28,29)15-7-12(19-23(5)30(24)25)6-13(8-15)20-31(26,27)11-18/h6-8,14,19-22H,9-10H2,1-5H3,(H,24,25)/p-1. The van der Waals surface area contributed by atoms with Crippen molar-refractivity contribution in [1.29, 1.82) is 5.26 Å². The minimum absolute atomic E-state index is 0.0267. The maximum Gasteiger partial charge on any atom is 0.326 e. The number of nitriles is 1. The molecule has 2 rings (SSSR count). The van der Waals surface area contributed by atoms with Crippen molar-refractivity contribution >= 4 is 42.7 Å². The maximum atomic E-state index is 13.1. The molecule has 180 valence electrons. The highest BCUT2D eigenvalue weighted by atomic mass is 32.2. The molecule has 4 N–H and O–H groups in total. The molecule has 1 saturated heterocycles. The van der Waals surface area contributed by atoms with Crippen LogP contribution in [0.3, 0.4) is 0 Å². The van der Waals surface area contributed by atoms with Gasteiger partial charge >= 0.3 is 10.0 Å². The van der Waals surface area contributed by atoms with Crippen LogP contribution in [0.15, 0.2) is 23.1 Å². The van der Waals surface area contributed by atoms with Crippen LogP contribution in [0.5, 0.6) is 0 Å². The molecule has 1 aliphatic rings. The molecule has 1 aromatic carbocycles. The Labute approximate surface area is 191 Å². The fraction of sp³-hybridized carbons (Fsp3) is 0.588. The van der Waals surface area contributed by atoms with Crippen molar-refractivity contribution in [3.05, 3.63) is 18.2 Å².